The second kappa shape index (κ2) is 17.5. The van der Waals surface area contributed by atoms with E-state index in [0.29, 0.717) is 42.6 Å². The van der Waals surface area contributed by atoms with Crippen molar-refractivity contribution in [2.24, 2.45) is 0 Å². The highest BCUT2D eigenvalue weighted by molar-refractivity contribution is 7.92. The molecule has 11 heteroatoms. The molecule has 1 aromatic heterocycles. The summed E-state index contributed by atoms with van der Waals surface area (Å²) < 4.78 is 52.5. The van der Waals surface area contributed by atoms with Crippen molar-refractivity contribution in [1.82, 2.24) is 10.3 Å². The predicted octanol–water partition coefficient (Wildman–Crippen LogP) is 7.69. The summed E-state index contributed by atoms with van der Waals surface area (Å²) in [6, 6.07) is 30.1. The number of rotatable bonds is 19. The average Bonchev–Trinajstić information content (AvgIpc) is 3.10. The lowest BCUT2D eigenvalue weighted by molar-refractivity contribution is 0.180. The summed E-state index contributed by atoms with van der Waals surface area (Å²) in [6.45, 7) is 7.34. The third kappa shape index (κ3) is 10.1. The van der Waals surface area contributed by atoms with E-state index in [-0.39, 0.29) is 12.1 Å². The van der Waals surface area contributed by atoms with Crippen molar-refractivity contribution in [2.45, 2.75) is 64.1 Å². The number of benzene rings is 3. The van der Waals surface area contributed by atoms with E-state index in [1.807, 2.05) is 72.8 Å². The molecule has 4 rings (SSSR count). The van der Waals surface area contributed by atoms with Crippen LogP contribution in [0, 0.1) is 0 Å². The minimum absolute atomic E-state index is 0.236. The van der Waals surface area contributed by atoms with Crippen LogP contribution in [0.3, 0.4) is 0 Å². The highest BCUT2D eigenvalue weighted by atomic mass is 32.2. The number of hydrogen-bond acceptors (Lipinski definition) is 8. The Morgan fingerprint density at radius 1 is 0.812 bits per heavy atom. The van der Waals surface area contributed by atoms with Gasteiger partial charge in [-0.2, -0.15) is 0 Å². The molecular formula is C37H49N3O6SSi. The van der Waals surface area contributed by atoms with Crippen LogP contribution in [-0.4, -0.2) is 48.7 Å². The van der Waals surface area contributed by atoms with Gasteiger partial charge in [0.05, 0.1) is 37.8 Å². The first-order valence-electron chi connectivity index (χ1n) is 16.4. The molecule has 0 saturated carbocycles. The highest BCUT2D eigenvalue weighted by Crippen LogP contribution is 2.37. The molecule has 0 radical (unpaired) electrons. The monoisotopic (exact) mass is 691 g/mol. The van der Waals surface area contributed by atoms with Crippen LogP contribution in [-0.2, 0) is 27.5 Å². The molecule has 0 saturated heterocycles. The second-order valence-electron chi connectivity index (χ2n) is 11.8. The molecule has 9 nitrogen and oxygen atoms in total. The fraction of sp³-hybridized carbons (Fsp3) is 0.378. The fourth-order valence-electron chi connectivity index (χ4n) is 5.89. The van der Waals surface area contributed by atoms with Crippen LogP contribution in [0.2, 0.25) is 18.1 Å². The lowest BCUT2D eigenvalue weighted by Crippen LogP contribution is -2.40. The molecule has 2 N–H and O–H groups in total. The molecule has 0 aliphatic heterocycles. The number of hydrogen-bond donors (Lipinski definition) is 2. The lowest BCUT2D eigenvalue weighted by Gasteiger charge is -2.35. The zero-order valence-electron chi connectivity index (χ0n) is 28.9. The van der Waals surface area contributed by atoms with E-state index >= 15 is 0 Å². The van der Waals surface area contributed by atoms with Crippen LogP contribution in [0.4, 0.5) is 5.69 Å². The van der Waals surface area contributed by atoms with Gasteiger partial charge in [-0.15, -0.1) is 0 Å². The van der Waals surface area contributed by atoms with E-state index in [0.717, 1.165) is 46.6 Å². The van der Waals surface area contributed by atoms with Crippen molar-refractivity contribution >= 4 is 24.0 Å². The summed E-state index contributed by atoms with van der Waals surface area (Å²) in [5.74, 6) is 1.60. The zero-order chi connectivity index (χ0) is 34.6. The molecular weight excluding hydrogens is 643 g/mol. The van der Waals surface area contributed by atoms with Crippen molar-refractivity contribution in [3.05, 3.63) is 113 Å². The molecule has 3 aromatic carbocycles. The molecule has 48 heavy (non-hydrogen) atoms. The molecule has 0 amide bonds. The van der Waals surface area contributed by atoms with E-state index < -0.39 is 18.3 Å². The van der Waals surface area contributed by atoms with E-state index in [1.54, 1.807) is 20.4 Å². The van der Waals surface area contributed by atoms with Gasteiger partial charge in [-0.05, 0) is 59.4 Å². The number of methoxy groups -OCH3 is 2. The van der Waals surface area contributed by atoms with Crippen molar-refractivity contribution in [1.29, 1.82) is 0 Å². The van der Waals surface area contributed by atoms with Crippen LogP contribution < -0.4 is 24.2 Å². The first-order chi connectivity index (χ1) is 23.1. The minimum Gasteiger partial charge on any atom is -0.496 e. The van der Waals surface area contributed by atoms with Crippen molar-refractivity contribution in [3.63, 3.8) is 0 Å². The first kappa shape index (κ1) is 36.9. The summed E-state index contributed by atoms with van der Waals surface area (Å²) in [7, 11) is -2.48. The van der Waals surface area contributed by atoms with Gasteiger partial charge in [-0.1, -0.05) is 87.5 Å². The number of nitrogens with zero attached hydrogens (tertiary/aromatic N) is 1. The van der Waals surface area contributed by atoms with Crippen LogP contribution in [0.5, 0.6) is 17.4 Å². The molecule has 0 spiro atoms. The van der Waals surface area contributed by atoms with E-state index in [4.69, 9.17) is 18.6 Å². The number of nitrogens with one attached hydrogen (secondary N) is 2. The Labute approximate surface area is 287 Å². The van der Waals surface area contributed by atoms with E-state index in [1.165, 1.54) is 0 Å². The van der Waals surface area contributed by atoms with Gasteiger partial charge in [0.15, 0.2) is 8.32 Å². The van der Waals surface area contributed by atoms with Crippen LogP contribution in [0.1, 0.15) is 55.2 Å². The number of pyridine rings is 1. The first-order valence-corrected chi connectivity index (χ1v) is 20.9. The van der Waals surface area contributed by atoms with Crippen molar-refractivity contribution in [2.75, 3.05) is 31.7 Å². The molecule has 0 aliphatic carbocycles. The summed E-state index contributed by atoms with van der Waals surface area (Å²) >= 11 is 0. The Morgan fingerprint density at radius 2 is 1.46 bits per heavy atom. The summed E-state index contributed by atoms with van der Waals surface area (Å²) in [6.07, 6.45) is 3.08. The number of ether oxygens (including phenoxy) is 3. The molecule has 1 heterocycles. The zero-order valence-corrected chi connectivity index (χ0v) is 30.7. The topological polar surface area (TPSA) is 108 Å². The number of sulfonamides is 1. The predicted molar refractivity (Wildman–Crippen MR) is 195 cm³/mol. The van der Waals surface area contributed by atoms with E-state index in [9.17, 15) is 8.42 Å². The molecule has 0 aliphatic rings. The van der Waals surface area contributed by atoms with Crippen molar-refractivity contribution in [3.8, 4) is 17.4 Å². The van der Waals surface area contributed by atoms with Gasteiger partial charge < -0.3 is 24.0 Å². The molecule has 2 atom stereocenters. The highest BCUT2D eigenvalue weighted by Gasteiger charge is 2.34. The minimum atomic E-state index is -3.60. The van der Waals surface area contributed by atoms with Gasteiger partial charge in [0.2, 0.25) is 15.9 Å². The van der Waals surface area contributed by atoms with Gasteiger partial charge in [-0.25, -0.2) is 13.4 Å². The maximum absolute atomic E-state index is 12.5. The SMILES string of the molecule is CC[Si](CC)(CC)O[C@@H](CN[C@H](Cc1ccccc1)c1c(OC)ccnc1OC)c1ccc(OCc2ccccc2)c(NS(C)(=O)=O)c1. The molecule has 0 fully saturated rings. The van der Waals surface area contributed by atoms with Crippen LogP contribution >= 0.6 is 0 Å². The largest absolute Gasteiger partial charge is 0.496 e. The van der Waals surface area contributed by atoms with Crippen LogP contribution in [0.15, 0.2) is 91.1 Å². The van der Waals surface area contributed by atoms with Gasteiger partial charge in [0.25, 0.3) is 0 Å². The molecule has 258 valence electrons. The average molecular weight is 692 g/mol. The smallest absolute Gasteiger partial charge is 0.229 e. The van der Waals surface area contributed by atoms with Gasteiger partial charge in [0.1, 0.15) is 18.1 Å². The molecule has 4 aromatic rings. The van der Waals surface area contributed by atoms with E-state index in [2.05, 4.69) is 47.9 Å². The molecule has 0 unspecified atom stereocenters. The fourth-order valence-corrected chi connectivity index (χ4v) is 9.27. The maximum Gasteiger partial charge on any atom is 0.229 e. The Balaban J connectivity index is 1.75. The van der Waals surface area contributed by atoms with Crippen LogP contribution in [0.25, 0.3) is 0 Å². The quantitative estimate of drug-likeness (QED) is 0.0965. The van der Waals surface area contributed by atoms with Gasteiger partial charge in [0, 0.05) is 18.8 Å². The van der Waals surface area contributed by atoms with Gasteiger partial charge in [-0.3, -0.25) is 4.72 Å². The summed E-state index contributed by atoms with van der Waals surface area (Å²) in [4.78, 5) is 4.50. The van der Waals surface area contributed by atoms with Gasteiger partial charge >= 0.3 is 0 Å². The molecule has 0 bridgehead atoms. The Hall–Kier alpha value is -3.90. The Bertz CT molecular complexity index is 1660. The lowest BCUT2D eigenvalue weighted by atomic mass is 9.98. The summed E-state index contributed by atoms with van der Waals surface area (Å²) in [5, 5.41) is 3.78. The number of anilines is 1. The number of aromatic nitrogens is 1. The van der Waals surface area contributed by atoms with Crippen molar-refractivity contribution < 1.29 is 27.1 Å². The summed E-state index contributed by atoms with van der Waals surface area (Å²) in [5.41, 5.74) is 4.15. The Morgan fingerprint density at radius 3 is 2.04 bits per heavy atom. The normalized spacial score (nSPS) is 13.0. The second-order valence-corrected chi connectivity index (χ2v) is 18.3. The maximum atomic E-state index is 12.5. The third-order valence-corrected chi connectivity index (χ3v) is 14.0. The third-order valence-electron chi connectivity index (χ3n) is 8.74. The standard InChI is InChI=1S/C37H49N3O6SSi/c1-7-48(8-2,9-3)46-35(30-20-21-33(31(25-30)40-47(6,41)42)45-27-29-18-14-11-15-19-29)26-39-32(24-28-16-12-10-13-17-28)36-34(43-4)22-23-38-37(36)44-5/h10-23,25,32,35,39-40H,7-9,24,26-27H2,1-6H3/t32-,35+/m1/s1. The Kier molecular flexibility index (Phi) is 13.4.